The molecule has 8 nitrogen and oxygen atoms in total. The highest BCUT2D eigenvalue weighted by atomic mass is 16.6. The van der Waals surface area contributed by atoms with Gasteiger partial charge in [-0.05, 0) is 38.2 Å². The Morgan fingerprint density at radius 1 is 1.27 bits per heavy atom. The number of carbonyl (C=O) groups is 3. The largest absolute Gasteiger partial charge is 0.465 e. The molecule has 1 spiro atoms. The van der Waals surface area contributed by atoms with E-state index in [2.05, 4.69) is 13.2 Å². The Kier molecular flexibility index (Phi) is 7.90. The lowest BCUT2D eigenvalue weighted by molar-refractivity contribution is -0.163. The van der Waals surface area contributed by atoms with E-state index >= 15 is 0 Å². The quantitative estimate of drug-likeness (QED) is 0.264. The Labute approximate surface area is 218 Å². The number of aliphatic hydroxyl groups excluding tert-OH is 1. The summed E-state index contributed by atoms with van der Waals surface area (Å²) in [6, 6.07) is 8.03. The van der Waals surface area contributed by atoms with Gasteiger partial charge in [0.05, 0.1) is 30.8 Å². The number of carbonyl (C=O) groups excluding carboxylic acids is 3. The summed E-state index contributed by atoms with van der Waals surface area (Å²) >= 11 is 0. The van der Waals surface area contributed by atoms with Gasteiger partial charge in [-0.25, -0.2) is 0 Å². The third-order valence-corrected chi connectivity index (χ3v) is 8.29. The number of hydrogen-bond acceptors (Lipinski definition) is 6. The summed E-state index contributed by atoms with van der Waals surface area (Å²) in [5.74, 6) is -2.73. The van der Waals surface area contributed by atoms with Crippen LogP contribution in [-0.2, 0) is 30.4 Å². The van der Waals surface area contributed by atoms with Crippen LogP contribution in [0.15, 0.2) is 55.6 Å². The number of benzene rings is 1. The zero-order valence-corrected chi connectivity index (χ0v) is 21.8. The van der Waals surface area contributed by atoms with Crippen LogP contribution in [0.2, 0.25) is 0 Å². The summed E-state index contributed by atoms with van der Waals surface area (Å²) in [6.07, 6.45) is 5.39. The molecule has 1 aromatic carbocycles. The highest BCUT2D eigenvalue weighted by molar-refractivity contribution is 5.98. The fourth-order valence-electron chi connectivity index (χ4n) is 6.55. The third-order valence-electron chi connectivity index (χ3n) is 8.29. The van der Waals surface area contributed by atoms with E-state index in [1.54, 1.807) is 24.0 Å². The molecule has 0 aliphatic carbocycles. The molecule has 6 atom stereocenters. The van der Waals surface area contributed by atoms with E-state index in [0.717, 1.165) is 5.56 Å². The first-order valence-corrected chi connectivity index (χ1v) is 13.1. The van der Waals surface area contributed by atoms with E-state index in [-0.39, 0.29) is 31.6 Å². The predicted molar refractivity (Wildman–Crippen MR) is 138 cm³/mol. The van der Waals surface area contributed by atoms with Crippen molar-refractivity contribution in [2.75, 3.05) is 19.8 Å². The van der Waals surface area contributed by atoms with Crippen LogP contribution in [0.1, 0.15) is 45.1 Å². The van der Waals surface area contributed by atoms with Gasteiger partial charge in [0.25, 0.3) is 0 Å². The smallest absolute Gasteiger partial charge is 0.312 e. The van der Waals surface area contributed by atoms with E-state index in [0.29, 0.717) is 32.2 Å². The fourth-order valence-corrected chi connectivity index (χ4v) is 6.55. The van der Waals surface area contributed by atoms with Crippen molar-refractivity contribution in [2.45, 2.75) is 69.4 Å². The molecule has 2 unspecified atom stereocenters. The van der Waals surface area contributed by atoms with Crippen molar-refractivity contribution in [3.05, 3.63) is 61.2 Å². The third kappa shape index (κ3) is 4.40. The Balaban J connectivity index is 1.75. The van der Waals surface area contributed by atoms with Crippen molar-refractivity contribution < 1.29 is 29.0 Å². The molecule has 200 valence electrons. The summed E-state index contributed by atoms with van der Waals surface area (Å²) in [6.45, 7) is 11.6. The lowest BCUT2D eigenvalue weighted by Crippen LogP contribution is -2.58. The number of ether oxygens (including phenoxy) is 2. The lowest BCUT2D eigenvalue weighted by atomic mass is 9.65. The minimum Gasteiger partial charge on any atom is -0.465 e. The summed E-state index contributed by atoms with van der Waals surface area (Å²) < 4.78 is 12.3. The molecule has 3 heterocycles. The zero-order chi connectivity index (χ0) is 26.8. The maximum absolute atomic E-state index is 14.3. The number of aliphatic hydroxyl groups is 1. The van der Waals surface area contributed by atoms with Gasteiger partial charge < -0.3 is 24.4 Å². The van der Waals surface area contributed by atoms with E-state index in [1.807, 2.05) is 37.3 Å². The molecule has 8 heteroatoms. The van der Waals surface area contributed by atoms with E-state index in [9.17, 15) is 19.5 Å². The van der Waals surface area contributed by atoms with Gasteiger partial charge in [0.1, 0.15) is 17.6 Å². The molecule has 4 rings (SSSR count). The lowest BCUT2D eigenvalue weighted by Gasteiger charge is -2.38. The molecule has 3 aliphatic heterocycles. The van der Waals surface area contributed by atoms with Crippen molar-refractivity contribution in [3.63, 3.8) is 0 Å². The van der Waals surface area contributed by atoms with Crippen molar-refractivity contribution in [2.24, 2.45) is 11.8 Å². The van der Waals surface area contributed by atoms with Crippen molar-refractivity contribution >= 4 is 17.8 Å². The van der Waals surface area contributed by atoms with Gasteiger partial charge in [-0.15, -0.1) is 13.2 Å². The van der Waals surface area contributed by atoms with Crippen LogP contribution in [0, 0.1) is 11.8 Å². The number of nitrogens with zero attached hydrogens (tertiary/aromatic N) is 2. The SMILES string of the molecule is C=CCCOC(=O)[C@H]1[C@H]2C(=O)N([C@H](C)CO)C(C(=O)N(CC=C)Cc3ccccc3)C23CC[C@]1(CC)O3. The van der Waals surface area contributed by atoms with E-state index in [4.69, 9.17) is 9.47 Å². The second kappa shape index (κ2) is 10.8. The maximum Gasteiger partial charge on any atom is 0.312 e. The number of likely N-dealkylation sites (tertiary alicyclic amines) is 1. The highest BCUT2D eigenvalue weighted by Gasteiger charge is 2.79. The Morgan fingerprint density at radius 2 is 2.00 bits per heavy atom. The first-order chi connectivity index (χ1) is 17.8. The predicted octanol–water partition coefficient (Wildman–Crippen LogP) is 2.86. The molecule has 0 saturated carbocycles. The summed E-state index contributed by atoms with van der Waals surface area (Å²) in [7, 11) is 0. The van der Waals surface area contributed by atoms with Gasteiger partial charge in [0, 0.05) is 13.1 Å². The van der Waals surface area contributed by atoms with Crippen LogP contribution >= 0.6 is 0 Å². The standard InChI is InChI=1S/C29H38N2O6/c1-5-8-17-36-27(35)23-22-25(33)31(20(4)19-32)24(29(22)15-14-28(23,7-3)37-29)26(34)30(16-6-2)18-21-12-10-9-11-13-21/h5-6,9-13,20,22-24,32H,1-2,7-8,14-19H2,3-4H3/t20-,22+,23-,24?,28+,29?/m1/s1. The van der Waals surface area contributed by atoms with Crippen LogP contribution in [-0.4, -0.2) is 75.7 Å². The Hall–Kier alpha value is -2.97. The number of rotatable bonds is 12. The molecule has 0 aromatic heterocycles. The molecular weight excluding hydrogens is 472 g/mol. The first-order valence-electron chi connectivity index (χ1n) is 13.1. The van der Waals surface area contributed by atoms with Crippen LogP contribution < -0.4 is 0 Å². The molecule has 1 N–H and O–H groups in total. The number of esters is 1. The Morgan fingerprint density at radius 3 is 2.62 bits per heavy atom. The average molecular weight is 511 g/mol. The number of hydrogen-bond donors (Lipinski definition) is 1. The molecule has 3 aliphatic rings. The summed E-state index contributed by atoms with van der Waals surface area (Å²) in [4.78, 5) is 44.9. The van der Waals surface area contributed by atoms with Crippen molar-refractivity contribution in [1.29, 1.82) is 0 Å². The van der Waals surface area contributed by atoms with Gasteiger partial charge in [0.2, 0.25) is 11.8 Å². The number of amides is 2. The molecule has 0 radical (unpaired) electrons. The minimum absolute atomic E-state index is 0.176. The van der Waals surface area contributed by atoms with Gasteiger partial charge in [-0.1, -0.05) is 49.4 Å². The fraction of sp³-hybridized carbons (Fsp3) is 0.552. The number of fused-ring (bicyclic) bond motifs is 1. The molecule has 3 fully saturated rings. The zero-order valence-electron chi connectivity index (χ0n) is 21.8. The molecule has 2 bridgehead atoms. The highest BCUT2D eigenvalue weighted by Crippen LogP contribution is 2.64. The van der Waals surface area contributed by atoms with E-state index in [1.165, 1.54) is 4.90 Å². The van der Waals surface area contributed by atoms with Crippen LogP contribution in [0.3, 0.4) is 0 Å². The van der Waals surface area contributed by atoms with Crippen LogP contribution in [0.5, 0.6) is 0 Å². The first kappa shape index (κ1) is 27.1. The Bertz CT molecular complexity index is 1040. The van der Waals surface area contributed by atoms with Gasteiger partial charge in [0.15, 0.2) is 0 Å². The summed E-state index contributed by atoms with van der Waals surface area (Å²) in [5.41, 5.74) is -1.07. The topological polar surface area (TPSA) is 96.4 Å². The molecule has 1 aromatic rings. The minimum atomic E-state index is -1.16. The van der Waals surface area contributed by atoms with Crippen molar-refractivity contribution in [3.8, 4) is 0 Å². The average Bonchev–Trinajstić information content (AvgIpc) is 3.52. The second-order valence-corrected chi connectivity index (χ2v) is 10.3. The van der Waals surface area contributed by atoms with Gasteiger partial charge in [-0.2, -0.15) is 0 Å². The van der Waals surface area contributed by atoms with Crippen LogP contribution in [0.4, 0.5) is 0 Å². The van der Waals surface area contributed by atoms with Crippen LogP contribution in [0.25, 0.3) is 0 Å². The molecule has 37 heavy (non-hydrogen) atoms. The molecule has 3 saturated heterocycles. The molecular formula is C29H38N2O6. The van der Waals surface area contributed by atoms with E-state index < -0.39 is 41.1 Å². The molecule has 2 amide bonds. The monoisotopic (exact) mass is 510 g/mol. The maximum atomic E-state index is 14.3. The van der Waals surface area contributed by atoms with Gasteiger partial charge >= 0.3 is 5.97 Å². The normalized spacial score (nSPS) is 30.6. The summed E-state index contributed by atoms with van der Waals surface area (Å²) in [5, 5.41) is 10.1. The second-order valence-electron chi connectivity index (χ2n) is 10.3. The van der Waals surface area contributed by atoms with Crippen molar-refractivity contribution in [1.82, 2.24) is 9.80 Å². The van der Waals surface area contributed by atoms with Gasteiger partial charge in [-0.3, -0.25) is 14.4 Å².